The molecule has 0 saturated carbocycles. The van der Waals surface area contributed by atoms with Gasteiger partial charge in [0.25, 0.3) is 5.91 Å². The maximum absolute atomic E-state index is 14.5. The normalized spacial score (nSPS) is 24.3. The second-order valence-electron chi connectivity index (χ2n) is 10.5. The van der Waals surface area contributed by atoms with Crippen molar-refractivity contribution in [2.75, 3.05) is 31.1 Å². The third-order valence-corrected chi connectivity index (χ3v) is 8.49. The smallest absolute Gasteiger partial charge is 0.275 e. The van der Waals surface area contributed by atoms with Gasteiger partial charge in [0.05, 0.1) is 12.6 Å². The summed E-state index contributed by atoms with van der Waals surface area (Å²) in [5.74, 6) is 0.150. The van der Waals surface area contributed by atoms with Gasteiger partial charge in [0.1, 0.15) is 17.7 Å². The summed E-state index contributed by atoms with van der Waals surface area (Å²) in [4.78, 5) is 44.9. The number of hydrogen-bond donors (Lipinski definition) is 2. The lowest BCUT2D eigenvalue weighted by Gasteiger charge is -2.35. The molecule has 7 rings (SSSR count). The van der Waals surface area contributed by atoms with Crippen LogP contribution in [0.1, 0.15) is 58.2 Å². The molecule has 9 heteroatoms. The van der Waals surface area contributed by atoms with Crippen molar-refractivity contribution in [2.45, 2.75) is 43.6 Å². The molecule has 194 valence electrons. The van der Waals surface area contributed by atoms with Crippen molar-refractivity contribution in [3.05, 3.63) is 76.6 Å². The zero-order valence-corrected chi connectivity index (χ0v) is 21.0. The summed E-state index contributed by atoms with van der Waals surface area (Å²) in [6, 6.07) is 14.8. The number of para-hydroxylation sites is 1. The number of benzene rings is 2. The number of nitrogens with zero attached hydrogens (tertiary/aromatic N) is 3. The summed E-state index contributed by atoms with van der Waals surface area (Å²) in [6.45, 7) is 1.25. The number of nitrogens with one attached hydrogen (secondary N) is 2. The van der Waals surface area contributed by atoms with Gasteiger partial charge in [-0.05, 0) is 61.4 Å². The van der Waals surface area contributed by atoms with Gasteiger partial charge < -0.3 is 19.9 Å². The molecule has 2 aromatic carbocycles. The Labute approximate surface area is 220 Å². The topological polar surface area (TPSA) is 108 Å². The van der Waals surface area contributed by atoms with E-state index < -0.39 is 11.5 Å². The lowest BCUT2D eigenvalue weighted by molar-refractivity contribution is -0.127. The van der Waals surface area contributed by atoms with E-state index in [-0.39, 0.29) is 24.3 Å². The van der Waals surface area contributed by atoms with Crippen LogP contribution in [0, 0.1) is 0 Å². The number of amides is 3. The average molecular weight is 512 g/mol. The van der Waals surface area contributed by atoms with Crippen LogP contribution < -0.4 is 15.0 Å². The highest BCUT2D eigenvalue weighted by molar-refractivity contribution is 6.12. The van der Waals surface area contributed by atoms with Gasteiger partial charge in [0, 0.05) is 30.0 Å². The van der Waals surface area contributed by atoms with Gasteiger partial charge in [-0.1, -0.05) is 30.3 Å². The number of fused-ring (bicyclic) bond motifs is 7. The molecule has 4 aliphatic rings. The van der Waals surface area contributed by atoms with Crippen LogP contribution in [0.15, 0.2) is 48.5 Å². The molecule has 1 spiro atoms. The molecule has 1 fully saturated rings. The first-order valence-electron chi connectivity index (χ1n) is 13.4. The number of anilines is 1. The largest absolute Gasteiger partial charge is 0.494 e. The fraction of sp³-hybridized carbons (Fsp3) is 0.379. The number of aromatic amines is 1. The maximum Gasteiger partial charge on any atom is 0.275 e. The first-order valence-corrected chi connectivity index (χ1v) is 13.4. The van der Waals surface area contributed by atoms with Crippen molar-refractivity contribution in [3.63, 3.8) is 0 Å². The molecule has 4 heterocycles. The molecule has 1 aliphatic carbocycles. The summed E-state index contributed by atoms with van der Waals surface area (Å²) in [5.41, 5.74) is 3.88. The average Bonchev–Trinajstić information content (AvgIpc) is 3.69. The fourth-order valence-corrected chi connectivity index (χ4v) is 6.82. The van der Waals surface area contributed by atoms with Gasteiger partial charge in [-0.15, -0.1) is 0 Å². The van der Waals surface area contributed by atoms with Crippen LogP contribution in [-0.4, -0.2) is 59.1 Å². The van der Waals surface area contributed by atoms with E-state index in [0.29, 0.717) is 44.0 Å². The highest BCUT2D eigenvalue weighted by Gasteiger charge is 2.62. The molecule has 3 aromatic rings. The Morgan fingerprint density at radius 1 is 1.08 bits per heavy atom. The molecule has 0 unspecified atom stereocenters. The van der Waals surface area contributed by atoms with Gasteiger partial charge in [-0.3, -0.25) is 19.5 Å². The van der Waals surface area contributed by atoms with Gasteiger partial charge >= 0.3 is 0 Å². The van der Waals surface area contributed by atoms with Crippen molar-refractivity contribution >= 4 is 23.4 Å². The molecule has 9 nitrogen and oxygen atoms in total. The summed E-state index contributed by atoms with van der Waals surface area (Å²) in [6.07, 6.45) is 3.81. The lowest BCUT2D eigenvalue weighted by atomic mass is 9.72. The number of hydrogen-bond acceptors (Lipinski definition) is 5. The Kier molecular flexibility index (Phi) is 5.28. The van der Waals surface area contributed by atoms with Crippen LogP contribution in [0.25, 0.3) is 0 Å². The standard InChI is InChI=1S/C29H29N5O4/c35-24-17-34-23-11-2-1-9-21(23)29(28(34)37)12-14-33(27(36)25-20-8-4-10-22(20)31-32-25)26(29)18-6-3-7-19(16-18)38-15-5-13-30-24/h1-3,6-7,9,11,16,26H,4-5,8,10,12-15,17H2,(H,30,35)(H,31,32)/t26-,29+/m0/s1. The Bertz CT molecular complexity index is 1460. The molecular weight excluding hydrogens is 482 g/mol. The van der Waals surface area contributed by atoms with Crippen molar-refractivity contribution < 1.29 is 19.1 Å². The van der Waals surface area contributed by atoms with Crippen LogP contribution in [0.4, 0.5) is 5.69 Å². The molecule has 2 N–H and O–H groups in total. The van der Waals surface area contributed by atoms with E-state index >= 15 is 0 Å². The highest BCUT2D eigenvalue weighted by Crippen LogP contribution is 2.57. The van der Waals surface area contributed by atoms with Crippen LogP contribution >= 0.6 is 0 Å². The number of carbonyl (C=O) groups is 3. The van der Waals surface area contributed by atoms with E-state index in [2.05, 4.69) is 15.5 Å². The highest BCUT2D eigenvalue weighted by atomic mass is 16.5. The van der Waals surface area contributed by atoms with Crippen LogP contribution in [-0.2, 0) is 27.8 Å². The number of rotatable bonds is 1. The SMILES string of the molecule is O=C1CN2C(=O)[C@]3(CCN(C(=O)c4n[nH]c5c4CCC5)[C@H]3c3cccc(c3)OCCCN1)c1ccccc12. The van der Waals surface area contributed by atoms with Crippen molar-refractivity contribution in [1.82, 2.24) is 20.4 Å². The third kappa shape index (κ3) is 3.30. The third-order valence-electron chi connectivity index (χ3n) is 8.49. The van der Waals surface area contributed by atoms with E-state index in [1.807, 2.05) is 53.4 Å². The molecule has 3 amide bonds. The van der Waals surface area contributed by atoms with Gasteiger partial charge in [-0.25, -0.2) is 0 Å². The predicted octanol–water partition coefficient (Wildman–Crippen LogP) is 2.67. The summed E-state index contributed by atoms with van der Waals surface area (Å²) < 4.78 is 6.01. The maximum atomic E-state index is 14.5. The zero-order valence-electron chi connectivity index (χ0n) is 21.0. The lowest BCUT2D eigenvalue weighted by Crippen LogP contribution is -2.48. The first-order chi connectivity index (χ1) is 18.6. The molecule has 38 heavy (non-hydrogen) atoms. The van der Waals surface area contributed by atoms with Crippen molar-refractivity contribution in [1.29, 1.82) is 0 Å². The second-order valence-corrected chi connectivity index (χ2v) is 10.5. The van der Waals surface area contributed by atoms with Crippen LogP contribution in [0.5, 0.6) is 5.75 Å². The van der Waals surface area contributed by atoms with E-state index in [1.54, 1.807) is 4.90 Å². The minimum absolute atomic E-state index is 0.0635. The second kappa shape index (κ2) is 8.72. The first kappa shape index (κ1) is 23.0. The number of ether oxygens (including phenoxy) is 1. The minimum Gasteiger partial charge on any atom is -0.494 e. The summed E-state index contributed by atoms with van der Waals surface area (Å²) in [7, 11) is 0. The van der Waals surface area contributed by atoms with Crippen LogP contribution in [0.2, 0.25) is 0 Å². The Hall–Kier alpha value is -4.14. The Morgan fingerprint density at radius 3 is 2.89 bits per heavy atom. The number of H-pyrrole nitrogens is 1. The monoisotopic (exact) mass is 511 g/mol. The Balaban J connectivity index is 1.41. The predicted molar refractivity (Wildman–Crippen MR) is 139 cm³/mol. The summed E-state index contributed by atoms with van der Waals surface area (Å²) >= 11 is 0. The number of aromatic nitrogens is 2. The zero-order chi connectivity index (χ0) is 25.9. The molecule has 0 radical (unpaired) electrons. The minimum atomic E-state index is -1.02. The van der Waals surface area contributed by atoms with Gasteiger partial charge in [-0.2, -0.15) is 5.10 Å². The van der Waals surface area contributed by atoms with Crippen molar-refractivity contribution in [2.24, 2.45) is 0 Å². The summed E-state index contributed by atoms with van der Waals surface area (Å²) in [5, 5.41) is 10.4. The number of aryl methyl sites for hydroxylation is 1. The Morgan fingerprint density at radius 2 is 1.97 bits per heavy atom. The molecular formula is C29H29N5O4. The molecule has 3 aliphatic heterocycles. The van der Waals surface area contributed by atoms with Crippen LogP contribution in [0.3, 0.4) is 0 Å². The molecule has 1 aromatic heterocycles. The van der Waals surface area contributed by atoms with E-state index in [4.69, 9.17) is 4.74 Å². The van der Waals surface area contributed by atoms with E-state index in [9.17, 15) is 14.4 Å². The van der Waals surface area contributed by atoms with Gasteiger partial charge in [0.15, 0.2) is 5.69 Å². The molecule has 1 saturated heterocycles. The fourth-order valence-electron chi connectivity index (χ4n) is 6.82. The molecule has 2 atom stereocenters. The quantitative estimate of drug-likeness (QED) is 0.522. The number of carbonyl (C=O) groups excluding carboxylic acids is 3. The van der Waals surface area contributed by atoms with Crippen molar-refractivity contribution in [3.8, 4) is 5.75 Å². The molecule has 4 bridgehead atoms. The number of likely N-dealkylation sites (tertiary alicyclic amines) is 1. The van der Waals surface area contributed by atoms with E-state index in [1.165, 1.54) is 0 Å². The van der Waals surface area contributed by atoms with E-state index in [0.717, 1.165) is 47.3 Å². The van der Waals surface area contributed by atoms with Gasteiger partial charge in [0.2, 0.25) is 11.8 Å².